The molecule has 0 aliphatic heterocycles. The first-order chi connectivity index (χ1) is 13.8. The van der Waals surface area contributed by atoms with E-state index in [9.17, 15) is 13.2 Å². The number of hydrogen-bond acceptors (Lipinski definition) is 3. The molecule has 0 bridgehead atoms. The highest BCUT2D eigenvalue weighted by molar-refractivity contribution is 7.92. The summed E-state index contributed by atoms with van der Waals surface area (Å²) < 4.78 is 26.0. The second-order valence-electron chi connectivity index (χ2n) is 7.02. The highest BCUT2D eigenvalue weighted by atomic mass is 32.2. The van der Waals surface area contributed by atoms with Crippen molar-refractivity contribution in [3.63, 3.8) is 0 Å². The third kappa shape index (κ3) is 5.03. The van der Waals surface area contributed by atoms with Crippen molar-refractivity contribution in [2.45, 2.75) is 20.4 Å². The Morgan fingerprint density at radius 1 is 0.862 bits per heavy atom. The number of sulfonamides is 1. The lowest BCUT2D eigenvalue weighted by Gasteiger charge is -2.22. The second kappa shape index (κ2) is 8.49. The van der Waals surface area contributed by atoms with Crippen molar-refractivity contribution in [2.75, 3.05) is 15.9 Å². The Balaban J connectivity index is 1.83. The Morgan fingerprint density at radius 3 is 2.00 bits per heavy atom. The predicted octanol–water partition coefficient (Wildman–Crippen LogP) is 4.52. The summed E-state index contributed by atoms with van der Waals surface area (Å²) in [5.41, 5.74) is 4.63. The van der Waals surface area contributed by atoms with Crippen LogP contribution in [0.4, 0.5) is 11.4 Å². The molecule has 6 heteroatoms. The molecule has 0 saturated carbocycles. The molecule has 1 amide bonds. The molecule has 0 unspecified atom stereocenters. The number of rotatable bonds is 6. The molecule has 0 saturated heterocycles. The van der Waals surface area contributed by atoms with Crippen molar-refractivity contribution in [3.8, 4) is 0 Å². The molecule has 5 nitrogen and oxygen atoms in total. The molecule has 3 aromatic rings. The maximum atomic E-state index is 12.6. The van der Waals surface area contributed by atoms with Crippen molar-refractivity contribution in [1.82, 2.24) is 0 Å². The Hall–Kier alpha value is -3.12. The molecule has 29 heavy (non-hydrogen) atoms. The van der Waals surface area contributed by atoms with Crippen LogP contribution >= 0.6 is 0 Å². The number of benzene rings is 3. The Morgan fingerprint density at radius 2 is 1.45 bits per heavy atom. The number of aryl methyl sites for hydroxylation is 2. The van der Waals surface area contributed by atoms with E-state index in [1.165, 1.54) is 10.6 Å². The summed E-state index contributed by atoms with van der Waals surface area (Å²) in [6.45, 7) is 4.12. The topological polar surface area (TPSA) is 66.5 Å². The number of nitrogens with zero attached hydrogens (tertiary/aromatic N) is 1. The van der Waals surface area contributed by atoms with Crippen molar-refractivity contribution in [1.29, 1.82) is 0 Å². The molecule has 0 spiro atoms. The minimum absolute atomic E-state index is 0.230. The van der Waals surface area contributed by atoms with E-state index in [-0.39, 0.29) is 12.5 Å². The summed E-state index contributed by atoms with van der Waals surface area (Å²) in [5.74, 6) is -0.233. The van der Waals surface area contributed by atoms with E-state index in [4.69, 9.17) is 0 Å². The van der Waals surface area contributed by atoms with Crippen molar-refractivity contribution < 1.29 is 13.2 Å². The molecule has 3 aromatic carbocycles. The van der Waals surface area contributed by atoms with Crippen LogP contribution in [0.25, 0.3) is 0 Å². The zero-order chi connectivity index (χ0) is 21.0. The average Bonchev–Trinajstić information content (AvgIpc) is 2.69. The van der Waals surface area contributed by atoms with Gasteiger partial charge in [-0.05, 0) is 54.8 Å². The third-order valence-corrected chi connectivity index (χ3v) is 5.85. The molecule has 0 fully saturated rings. The molecule has 0 heterocycles. The number of anilines is 2. The van der Waals surface area contributed by atoms with Gasteiger partial charge in [0.15, 0.2) is 0 Å². The van der Waals surface area contributed by atoms with Crippen LogP contribution in [-0.4, -0.2) is 20.6 Å². The molecule has 1 N–H and O–H groups in total. The lowest BCUT2D eigenvalue weighted by Crippen LogP contribution is -2.29. The third-order valence-electron chi connectivity index (χ3n) is 4.71. The van der Waals surface area contributed by atoms with Gasteiger partial charge in [0.1, 0.15) is 0 Å². The summed E-state index contributed by atoms with van der Waals surface area (Å²) in [6.07, 6.45) is 1.18. The van der Waals surface area contributed by atoms with Crippen LogP contribution in [0.2, 0.25) is 0 Å². The first-order valence-corrected chi connectivity index (χ1v) is 11.1. The SMILES string of the molecule is Cc1cccc(C)c1NC(=O)c1ccc(N(Cc2ccccc2)S(C)(=O)=O)cc1. The van der Waals surface area contributed by atoms with E-state index in [0.717, 1.165) is 22.4 Å². The summed E-state index contributed by atoms with van der Waals surface area (Å²) in [5, 5.41) is 2.94. The molecular formula is C23H24N2O3S. The van der Waals surface area contributed by atoms with Crippen LogP contribution in [0.15, 0.2) is 72.8 Å². The minimum Gasteiger partial charge on any atom is -0.322 e. The van der Waals surface area contributed by atoms with Gasteiger partial charge in [-0.3, -0.25) is 9.10 Å². The molecule has 0 aliphatic rings. The standard InChI is InChI=1S/C23H24N2O3S/c1-17-8-7-9-18(2)22(17)24-23(26)20-12-14-21(15-13-20)25(29(3,27)28)16-19-10-5-4-6-11-19/h4-15H,16H2,1-3H3,(H,24,26). The highest BCUT2D eigenvalue weighted by Gasteiger charge is 2.18. The summed E-state index contributed by atoms with van der Waals surface area (Å²) in [4.78, 5) is 12.6. The van der Waals surface area contributed by atoms with Crippen LogP contribution in [0.3, 0.4) is 0 Å². The predicted molar refractivity (Wildman–Crippen MR) is 118 cm³/mol. The zero-order valence-corrected chi connectivity index (χ0v) is 17.5. The smallest absolute Gasteiger partial charge is 0.255 e. The highest BCUT2D eigenvalue weighted by Crippen LogP contribution is 2.23. The maximum Gasteiger partial charge on any atom is 0.255 e. The van der Waals surface area contributed by atoms with Gasteiger partial charge in [-0.15, -0.1) is 0 Å². The lowest BCUT2D eigenvalue weighted by molar-refractivity contribution is 0.102. The Kier molecular flexibility index (Phi) is 6.03. The molecule has 0 aliphatic carbocycles. The van der Waals surface area contributed by atoms with Crippen molar-refractivity contribution in [3.05, 3.63) is 95.1 Å². The van der Waals surface area contributed by atoms with Crippen molar-refractivity contribution >= 4 is 27.3 Å². The van der Waals surface area contributed by atoms with E-state index < -0.39 is 10.0 Å². The number of carbonyl (C=O) groups excluding carboxylic acids is 1. The van der Waals surface area contributed by atoms with E-state index in [0.29, 0.717) is 11.3 Å². The number of hydrogen-bond donors (Lipinski definition) is 1. The molecule has 150 valence electrons. The number of amides is 1. The monoisotopic (exact) mass is 408 g/mol. The van der Waals surface area contributed by atoms with E-state index in [2.05, 4.69) is 5.32 Å². The molecule has 0 atom stereocenters. The maximum absolute atomic E-state index is 12.6. The van der Waals surface area contributed by atoms with Gasteiger partial charge < -0.3 is 5.32 Å². The summed E-state index contributed by atoms with van der Waals surface area (Å²) in [7, 11) is -3.48. The first-order valence-electron chi connectivity index (χ1n) is 9.25. The summed E-state index contributed by atoms with van der Waals surface area (Å²) >= 11 is 0. The molecule has 0 aromatic heterocycles. The normalized spacial score (nSPS) is 11.1. The fraction of sp³-hybridized carbons (Fsp3) is 0.174. The lowest BCUT2D eigenvalue weighted by atomic mass is 10.1. The van der Waals surface area contributed by atoms with E-state index in [1.807, 2.05) is 62.4 Å². The van der Waals surface area contributed by atoms with Gasteiger partial charge in [0, 0.05) is 11.3 Å². The van der Waals surface area contributed by atoms with Crippen LogP contribution < -0.4 is 9.62 Å². The zero-order valence-electron chi connectivity index (χ0n) is 16.7. The van der Waals surface area contributed by atoms with E-state index in [1.54, 1.807) is 24.3 Å². The van der Waals surface area contributed by atoms with Crippen LogP contribution in [0, 0.1) is 13.8 Å². The van der Waals surface area contributed by atoms with Gasteiger partial charge in [0.2, 0.25) is 10.0 Å². The number of para-hydroxylation sites is 1. The number of carbonyl (C=O) groups is 1. The van der Waals surface area contributed by atoms with Gasteiger partial charge in [-0.2, -0.15) is 0 Å². The van der Waals surface area contributed by atoms with Gasteiger partial charge in [0.25, 0.3) is 5.91 Å². The van der Waals surface area contributed by atoms with Gasteiger partial charge in [0.05, 0.1) is 18.5 Å². The Bertz CT molecular complexity index is 1090. The largest absolute Gasteiger partial charge is 0.322 e. The molecular weight excluding hydrogens is 384 g/mol. The van der Waals surface area contributed by atoms with E-state index >= 15 is 0 Å². The fourth-order valence-electron chi connectivity index (χ4n) is 3.13. The molecule has 3 rings (SSSR count). The number of nitrogens with one attached hydrogen (secondary N) is 1. The fourth-order valence-corrected chi connectivity index (χ4v) is 4.01. The molecule has 0 radical (unpaired) electrons. The summed E-state index contributed by atoms with van der Waals surface area (Å²) in [6, 6.07) is 21.8. The van der Waals surface area contributed by atoms with Crippen LogP contribution in [-0.2, 0) is 16.6 Å². The average molecular weight is 409 g/mol. The van der Waals surface area contributed by atoms with Gasteiger partial charge in [-0.25, -0.2) is 8.42 Å². The van der Waals surface area contributed by atoms with Crippen LogP contribution in [0.1, 0.15) is 27.0 Å². The Labute approximate surface area is 172 Å². The quantitative estimate of drug-likeness (QED) is 0.652. The minimum atomic E-state index is -3.48. The van der Waals surface area contributed by atoms with Crippen LogP contribution in [0.5, 0.6) is 0 Å². The van der Waals surface area contributed by atoms with Crippen molar-refractivity contribution in [2.24, 2.45) is 0 Å². The first kappa shape index (κ1) is 20.6. The van der Waals surface area contributed by atoms with Gasteiger partial charge >= 0.3 is 0 Å². The second-order valence-corrected chi connectivity index (χ2v) is 8.93. The van der Waals surface area contributed by atoms with Gasteiger partial charge in [-0.1, -0.05) is 48.5 Å².